The Morgan fingerprint density at radius 2 is 1.56 bits per heavy atom. The minimum absolute atomic E-state index is 0.0157. The zero-order valence-electron chi connectivity index (χ0n) is 22.6. The van der Waals surface area contributed by atoms with Crippen molar-refractivity contribution in [2.24, 2.45) is 0 Å². The molecule has 0 bridgehead atoms. The highest BCUT2D eigenvalue weighted by Gasteiger charge is 2.33. The Kier molecular flexibility index (Phi) is 10.4. The van der Waals surface area contributed by atoms with E-state index in [0.717, 1.165) is 15.4 Å². The van der Waals surface area contributed by atoms with Crippen LogP contribution in [0.2, 0.25) is 5.02 Å². The number of hydrogen-bond donors (Lipinski definition) is 1. The van der Waals surface area contributed by atoms with Gasteiger partial charge in [0.1, 0.15) is 18.3 Å². The topological polar surface area (TPSA) is 96.0 Å². The first kappa shape index (κ1) is 30.0. The summed E-state index contributed by atoms with van der Waals surface area (Å²) in [6.45, 7) is 5.59. The zero-order valence-corrected chi connectivity index (χ0v) is 24.1. The number of nitrogens with one attached hydrogen (secondary N) is 1. The predicted molar refractivity (Wildman–Crippen MR) is 153 cm³/mol. The maximum atomic E-state index is 13.9. The molecule has 0 aliphatic carbocycles. The lowest BCUT2D eigenvalue weighted by molar-refractivity contribution is -0.140. The minimum atomic E-state index is -4.15. The largest absolute Gasteiger partial charge is 0.494 e. The summed E-state index contributed by atoms with van der Waals surface area (Å²) in [5, 5.41) is 3.15. The smallest absolute Gasteiger partial charge is 0.264 e. The van der Waals surface area contributed by atoms with Crippen LogP contribution in [0, 0.1) is 6.92 Å². The Labute approximate surface area is 235 Å². The van der Waals surface area contributed by atoms with Crippen LogP contribution in [0.25, 0.3) is 0 Å². The van der Waals surface area contributed by atoms with Gasteiger partial charge in [-0.1, -0.05) is 48.4 Å². The quantitative estimate of drug-likeness (QED) is 0.337. The molecule has 0 radical (unpaired) electrons. The molecule has 0 spiro atoms. The molecular formula is C29H34ClN3O5S. The summed E-state index contributed by atoms with van der Waals surface area (Å²) >= 11 is 6.03. The van der Waals surface area contributed by atoms with Crippen LogP contribution in [-0.4, -0.2) is 51.4 Å². The molecule has 0 saturated carbocycles. The highest BCUT2D eigenvalue weighted by molar-refractivity contribution is 7.92. The van der Waals surface area contributed by atoms with Gasteiger partial charge in [0.25, 0.3) is 10.0 Å². The lowest BCUT2D eigenvalue weighted by atomic mass is 10.1. The van der Waals surface area contributed by atoms with Crippen LogP contribution >= 0.6 is 11.6 Å². The molecule has 1 unspecified atom stereocenters. The molecule has 3 aromatic rings. The van der Waals surface area contributed by atoms with Gasteiger partial charge < -0.3 is 15.0 Å². The number of rotatable bonds is 12. The Bertz CT molecular complexity index is 1360. The Hall–Kier alpha value is -3.56. The van der Waals surface area contributed by atoms with Crippen molar-refractivity contribution in [1.29, 1.82) is 0 Å². The molecule has 0 heterocycles. The van der Waals surface area contributed by atoms with Crippen molar-refractivity contribution in [2.75, 3.05) is 24.5 Å². The fourth-order valence-corrected chi connectivity index (χ4v) is 5.65. The van der Waals surface area contributed by atoms with Crippen LogP contribution in [-0.2, 0) is 26.2 Å². The number of benzene rings is 3. The van der Waals surface area contributed by atoms with Gasteiger partial charge in [-0.25, -0.2) is 8.42 Å². The summed E-state index contributed by atoms with van der Waals surface area (Å²) in [5.41, 5.74) is 2.03. The van der Waals surface area contributed by atoms with E-state index in [-0.39, 0.29) is 17.3 Å². The third-order valence-electron chi connectivity index (χ3n) is 6.22. The molecule has 0 aliphatic rings. The van der Waals surface area contributed by atoms with Crippen LogP contribution in [0.5, 0.6) is 5.75 Å². The van der Waals surface area contributed by atoms with Crippen LogP contribution in [0.3, 0.4) is 0 Å². The van der Waals surface area contributed by atoms with Gasteiger partial charge >= 0.3 is 0 Å². The van der Waals surface area contributed by atoms with E-state index in [1.807, 2.05) is 13.8 Å². The van der Waals surface area contributed by atoms with Crippen molar-refractivity contribution in [3.8, 4) is 5.75 Å². The third kappa shape index (κ3) is 7.52. The highest BCUT2D eigenvalue weighted by Crippen LogP contribution is 2.26. The lowest BCUT2D eigenvalue weighted by Gasteiger charge is -2.33. The zero-order chi connectivity index (χ0) is 28.6. The standard InChI is InChI=1S/C29H34ClN3O5S/c1-5-27(29(35)31-4)32(19-22-9-11-23(30)12-10-22)28(34)20-33(24-13-7-21(3)8-14-24)39(36,37)26-17-15-25(16-18-26)38-6-2/h7-18,27H,5-6,19-20H2,1-4H3,(H,31,35). The predicted octanol–water partition coefficient (Wildman–Crippen LogP) is 4.80. The monoisotopic (exact) mass is 571 g/mol. The molecule has 8 nitrogen and oxygen atoms in total. The molecule has 0 aliphatic heterocycles. The molecule has 0 aromatic heterocycles. The number of ether oxygens (including phenoxy) is 1. The number of hydrogen-bond acceptors (Lipinski definition) is 5. The van der Waals surface area contributed by atoms with E-state index >= 15 is 0 Å². The molecule has 39 heavy (non-hydrogen) atoms. The fraction of sp³-hybridized carbons (Fsp3) is 0.310. The van der Waals surface area contributed by atoms with Crippen LogP contribution < -0.4 is 14.4 Å². The molecule has 3 rings (SSSR count). The summed E-state index contributed by atoms with van der Waals surface area (Å²) in [5.74, 6) is -0.313. The number of likely N-dealkylation sites (N-methyl/N-ethyl adjacent to an activating group) is 1. The van der Waals surface area contributed by atoms with Gasteiger partial charge in [0, 0.05) is 18.6 Å². The SMILES string of the molecule is CCOc1ccc(S(=O)(=O)N(CC(=O)N(Cc2ccc(Cl)cc2)C(CC)C(=O)NC)c2ccc(C)cc2)cc1. The normalized spacial score (nSPS) is 11.9. The van der Waals surface area contributed by atoms with E-state index in [9.17, 15) is 18.0 Å². The summed E-state index contributed by atoms with van der Waals surface area (Å²) in [4.78, 5) is 28.1. The molecule has 0 saturated heterocycles. The van der Waals surface area contributed by atoms with E-state index in [4.69, 9.17) is 16.3 Å². The molecule has 0 fully saturated rings. The average molecular weight is 572 g/mol. The molecule has 10 heteroatoms. The summed E-state index contributed by atoms with van der Waals surface area (Å²) in [7, 11) is -2.65. The number of sulfonamides is 1. The third-order valence-corrected chi connectivity index (χ3v) is 8.26. The summed E-state index contributed by atoms with van der Waals surface area (Å²) < 4.78 is 34.3. The van der Waals surface area contributed by atoms with E-state index < -0.39 is 28.5 Å². The van der Waals surface area contributed by atoms with Crippen LogP contribution in [0.15, 0.2) is 77.7 Å². The first-order valence-corrected chi connectivity index (χ1v) is 14.5. The average Bonchev–Trinajstić information content (AvgIpc) is 2.93. The van der Waals surface area contributed by atoms with Gasteiger partial charge in [-0.3, -0.25) is 13.9 Å². The molecule has 1 atom stereocenters. The van der Waals surface area contributed by atoms with Crippen molar-refractivity contribution >= 4 is 39.1 Å². The summed E-state index contributed by atoms with van der Waals surface area (Å²) in [6, 6.07) is 19.1. The van der Waals surface area contributed by atoms with Gasteiger partial charge in [0.05, 0.1) is 17.2 Å². The Morgan fingerprint density at radius 3 is 2.10 bits per heavy atom. The van der Waals surface area contributed by atoms with Gasteiger partial charge in [0.15, 0.2) is 0 Å². The minimum Gasteiger partial charge on any atom is -0.494 e. The maximum Gasteiger partial charge on any atom is 0.264 e. The number of nitrogens with zero attached hydrogens (tertiary/aromatic N) is 2. The second kappa shape index (κ2) is 13.5. The number of halogens is 1. The Morgan fingerprint density at radius 1 is 0.949 bits per heavy atom. The van der Waals surface area contributed by atoms with Gasteiger partial charge in [0.2, 0.25) is 11.8 Å². The number of aryl methyl sites for hydroxylation is 1. The van der Waals surface area contributed by atoms with E-state index in [0.29, 0.717) is 29.5 Å². The first-order valence-electron chi connectivity index (χ1n) is 12.7. The van der Waals surface area contributed by atoms with E-state index in [2.05, 4.69) is 5.32 Å². The van der Waals surface area contributed by atoms with Crippen molar-refractivity contribution in [3.05, 3.63) is 88.9 Å². The van der Waals surface area contributed by atoms with Crippen molar-refractivity contribution in [1.82, 2.24) is 10.2 Å². The maximum absolute atomic E-state index is 13.9. The molecule has 1 N–H and O–H groups in total. The molecule has 208 valence electrons. The van der Waals surface area contributed by atoms with Crippen LogP contribution in [0.4, 0.5) is 5.69 Å². The molecular weight excluding hydrogens is 538 g/mol. The number of carbonyl (C=O) groups excluding carboxylic acids is 2. The second-order valence-corrected chi connectivity index (χ2v) is 11.2. The molecule has 2 amide bonds. The number of amides is 2. The first-order chi connectivity index (χ1) is 18.6. The number of carbonyl (C=O) groups is 2. The molecule has 3 aromatic carbocycles. The highest BCUT2D eigenvalue weighted by atomic mass is 35.5. The van der Waals surface area contributed by atoms with E-state index in [1.54, 1.807) is 67.6 Å². The van der Waals surface area contributed by atoms with Crippen molar-refractivity contribution < 1.29 is 22.7 Å². The van der Waals surface area contributed by atoms with Crippen molar-refractivity contribution in [3.63, 3.8) is 0 Å². The van der Waals surface area contributed by atoms with Gasteiger partial charge in [-0.2, -0.15) is 0 Å². The Balaban J connectivity index is 2.03. The van der Waals surface area contributed by atoms with Crippen molar-refractivity contribution in [2.45, 2.75) is 44.7 Å². The second-order valence-electron chi connectivity index (χ2n) is 8.94. The number of anilines is 1. The van der Waals surface area contributed by atoms with E-state index in [1.165, 1.54) is 24.1 Å². The fourth-order valence-electron chi connectivity index (χ4n) is 4.11. The van der Waals surface area contributed by atoms with Crippen LogP contribution in [0.1, 0.15) is 31.4 Å². The summed E-state index contributed by atoms with van der Waals surface area (Å²) in [6.07, 6.45) is 0.342. The lowest BCUT2D eigenvalue weighted by Crippen LogP contribution is -2.51. The van der Waals surface area contributed by atoms with Gasteiger partial charge in [-0.05, 0) is 74.4 Å². The van der Waals surface area contributed by atoms with Gasteiger partial charge in [-0.15, -0.1) is 0 Å².